The first kappa shape index (κ1) is 5.22. The van der Waals surface area contributed by atoms with Gasteiger partial charge >= 0.3 is 0 Å². The van der Waals surface area contributed by atoms with Gasteiger partial charge in [0.2, 0.25) is 0 Å². The second-order valence-corrected chi connectivity index (χ2v) is 1.94. The lowest BCUT2D eigenvalue weighted by Crippen LogP contribution is -1.84. The normalized spacial score (nSPS) is 10.4. The zero-order valence-electron chi connectivity index (χ0n) is 5.11. The summed E-state index contributed by atoms with van der Waals surface area (Å²) in [6.07, 6.45) is 3.07. The first-order valence-electron chi connectivity index (χ1n) is 2.82. The molecule has 2 heterocycles. The SMILES string of the molecule is Nc1nnc2ccocc1-2. The van der Waals surface area contributed by atoms with Crippen molar-refractivity contribution in [2.24, 2.45) is 0 Å². The molecule has 0 spiro atoms. The number of fused-ring (bicyclic) bond motifs is 1. The van der Waals surface area contributed by atoms with Crippen LogP contribution in [0.5, 0.6) is 0 Å². The van der Waals surface area contributed by atoms with Crippen LogP contribution in [0.1, 0.15) is 0 Å². The topological polar surface area (TPSA) is 64.9 Å². The molecule has 0 aromatic heterocycles. The minimum Gasteiger partial charge on any atom is -0.472 e. The molecule has 2 rings (SSSR count). The summed E-state index contributed by atoms with van der Waals surface area (Å²) in [6.45, 7) is 0. The highest BCUT2D eigenvalue weighted by atomic mass is 16.3. The Labute approximate surface area is 57.0 Å². The Morgan fingerprint density at radius 3 is 3.10 bits per heavy atom. The molecule has 0 bridgehead atoms. The van der Waals surface area contributed by atoms with E-state index in [1.165, 1.54) is 12.5 Å². The van der Waals surface area contributed by atoms with Crippen molar-refractivity contribution in [2.45, 2.75) is 0 Å². The lowest BCUT2D eigenvalue weighted by atomic mass is 10.2. The Bertz CT molecular complexity index is 317. The van der Waals surface area contributed by atoms with E-state index in [4.69, 9.17) is 10.2 Å². The number of rotatable bonds is 0. The van der Waals surface area contributed by atoms with Gasteiger partial charge in [-0.25, -0.2) is 0 Å². The van der Waals surface area contributed by atoms with Crippen LogP contribution in [0.25, 0.3) is 11.3 Å². The molecule has 4 nitrogen and oxygen atoms in total. The van der Waals surface area contributed by atoms with Crippen LogP contribution in [0.3, 0.4) is 0 Å². The first-order chi connectivity index (χ1) is 4.88. The molecule has 50 valence electrons. The molecule has 2 aliphatic heterocycles. The molecule has 4 heteroatoms. The molecule has 2 N–H and O–H groups in total. The lowest BCUT2D eigenvalue weighted by molar-refractivity contribution is 0.552. The third-order valence-electron chi connectivity index (χ3n) is 1.31. The Kier molecular flexibility index (Phi) is 0.887. The van der Waals surface area contributed by atoms with Crippen molar-refractivity contribution >= 4 is 5.82 Å². The average molecular weight is 135 g/mol. The summed E-state index contributed by atoms with van der Waals surface area (Å²) in [5.74, 6) is 0.416. The molecule has 0 fully saturated rings. The fourth-order valence-electron chi connectivity index (χ4n) is 0.802. The number of nitrogens with two attached hydrogens (primary N) is 1. The zero-order chi connectivity index (χ0) is 6.97. The smallest absolute Gasteiger partial charge is 0.158 e. The fraction of sp³-hybridized carbons (Fsp3) is 0. The number of aromatic nitrogens is 2. The van der Waals surface area contributed by atoms with Crippen molar-refractivity contribution < 1.29 is 4.42 Å². The van der Waals surface area contributed by atoms with Gasteiger partial charge in [-0.3, -0.25) is 0 Å². The fourth-order valence-corrected chi connectivity index (χ4v) is 0.802. The Hall–Kier alpha value is -1.58. The molecule has 0 atom stereocenters. The largest absolute Gasteiger partial charge is 0.472 e. The molecule has 0 saturated carbocycles. The van der Waals surface area contributed by atoms with E-state index >= 15 is 0 Å². The maximum Gasteiger partial charge on any atom is 0.158 e. The number of nitrogens with zero attached hydrogens (tertiary/aromatic N) is 2. The third-order valence-corrected chi connectivity index (χ3v) is 1.31. The van der Waals surface area contributed by atoms with Gasteiger partial charge in [-0.05, 0) is 0 Å². The van der Waals surface area contributed by atoms with Crippen LogP contribution >= 0.6 is 0 Å². The van der Waals surface area contributed by atoms with E-state index < -0.39 is 0 Å². The van der Waals surface area contributed by atoms with E-state index in [0.717, 1.165) is 11.3 Å². The molecule has 0 radical (unpaired) electrons. The highest BCUT2D eigenvalue weighted by Crippen LogP contribution is 2.23. The van der Waals surface area contributed by atoms with Crippen LogP contribution in [-0.4, -0.2) is 10.2 Å². The van der Waals surface area contributed by atoms with E-state index in [-0.39, 0.29) is 0 Å². The van der Waals surface area contributed by atoms with Gasteiger partial charge in [0.05, 0.1) is 11.8 Å². The van der Waals surface area contributed by atoms with Crippen LogP contribution in [-0.2, 0) is 0 Å². The van der Waals surface area contributed by atoms with E-state index in [9.17, 15) is 0 Å². The zero-order valence-corrected chi connectivity index (χ0v) is 5.11. The van der Waals surface area contributed by atoms with Gasteiger partial charge in [0, 0.05) is 6.07 Å². The highest BCUT2D eigenvalue weighted by Gasteiger charge is 2.08. The van der Waals surface area contributed by atoms with Crippen molar-refractivity contribution in [3.8, 4) is 11.3 Å². The number of nitrogen functional groups attached to an aromatic ring is 1. The van der Waals surface area contributed by atoms with Crippen molar-refractivity contribution in [3.63, 3.8) is 0 Å². The van der Waals surface area contributed by atoms with E-state index in [1.54, 1.807) is 6.07 Å². The summed E-state index contributed by atoms with van der Waals surface area (Å²) in [5, 5.41) is 7.45. The van der Waals surface area contributed by atoms with Crippen LogP contribution in [0.2, 0.25) is 0 Å². The second kappa shape index (κ2) is 1.70. The standard InChI is InChI=1S/C6H5N3O/c7-6-4-3-10-2-1-5(4)8-9-6/h1-3H,(H2,7,9). The summed E-state index contributed by atoms with van der Waals surface area (Å²) in [5.41, 5.74) is 6.98. The predicted molar refractivity (Wildman–Crippen MR) is 35.3 cm³/mol. The maximum absolute atomic E-state index is 5.44. The summed E-state index contributed by atoms with van der Waals surface area (Å²) >= 11 is 0. The number of hydrogen-bond acceptors (Lipinski definition) is 4. The van der Waals surface area contributed by atoms with Gasteiger partial charge in [-0.1, -0.05) is 0 Å². The van der Waals surface area contributed by atoms with Gasteiger partial charge in [-0.15, -0.1) is 10.2 Å². The number of hydrogen-bond donors (Lipinski definition) is 1. The molecule has 0 amide bonds. The molecule has 0 unspecified atom stereocenters. The van der Waals surface area contributed by atoms with Crippen molar-refractivity contribution in [3.05, 3.63) is 18.6 Å². The van der Waals surface area contributed by atoms with Gasteiger partial charge in [-0.2, -0.15) is 0 Å². The van der Waals surface area contributed by atoms with E-state index in [2.05, 4.69) is 10.2 Å². The van der Waals surface area contributed by atoms with E-state index in [0.29, 0.717) is 5.82 Å². The summed E-state index contributed by atoms with van der Waals surface area (Å²) in [7, 11) is 0. The molecule has 0 saturated heterocycles. The van der Waals surface area contributed by atoms with Crippen molar-refractivity contribution in [1.29, 1.82) is 0 Å². The summed E-state index contributed by atoms with van der Waals surface area (Å²) in [4.78, 5) is 0. The van der Waals surface area contributed by atoms with Crippen molar-refractivity contribution in [1.82, 2.24) is 10.2 Å². The molecule has 2 aliphatic rings. The van der Waals surface area contributed by atoms with Crippen LogP contribution in [0.4, 0.5) is 5.82 Å². The van der Waals surface area contributed by atoms with Crippen LogP contribution in [0, 0.1) is 0 Å². The van der Waals surface area contributed by atoms with Crippen LogP contribution < -0.4 is 5.73 Å². The average Bonchev–Trinajstić information content (AvgIpc) is 2.34. The monoisotopic (exact) mass is 135 g/mol. The second-order valence-electron chi connectivity index (χ2n) is 1.94. The highest BCUT2D eigenvalue weighted by molar-refractivity contribution is 5.70. The van der Waals surface area contributed by atoms with E-state index in [1.807, 2.05) is 0 Å². The molecular formula is C6H5N3O. The Balaban J connectivity index is 2.78. The van der Waals surface area contributed by atoms with Crippen LogP contribution in [0.15, 0.2) is 23.0 Å². The van der Waals surface area contributed by atoms with Gasteiger partial charge < -0.3 is 10.2 Å². The minimum atomic E-state index is 0.416. The summed E-state index contributed by atoms with van der Waals surface area (Å²) < 4.78 is 4.87. The predicted octanol–water partition coefficient (Wildman–Crippen LogP) is 0.757. The lowest BCUT2D eigenvalue weighted by Gasteiger charge is -1.90. The molecule has 0 aromatic carbocycles. The summed E-state index contributed by atoms with van der Waals surface area (Å²) in [6, 6.07) is 1.72. The van der Waals surface area contributed by atoms with Gasteiger partial charge in [0.1, 0.15) is 12.0 Å². The maximum atomic E-state index is 5.44. The molecule has 0 aliphatic carbocycles. The number of anilines is 1. The van der Waals surface area contributed by atoms with Gasteiger partial charge in [0.25, 0.3) is 0 Å². The Morgan fingerprint density at radius 1 is 1.40 bits per heavy atom. The van der Waals surface area contributed by atoms with Crippen molar-refractivity contribution in [2.75, 3.05) is 5.73 Å². The third kappa shape index (κ3) is 0.556. The first-order valence-corrected chi connectivity index (χ1v) is 2.82. The minimum absolute atomic E-state index is 0.416. The quantitative estimate of drug-likeness (QED) is 0.579. The Morgan fingerprint density at radius 2 is 2.30 bits per heavy atom. The molecule has 0 aromatic rings. The molecular weight excluding hydrogens is 130 g/mol. The van der Waals surface area contributed by atoms with Gasteiger partial charge in [0.15, 0.2) is 5.82 Å². The molecule has 10 heavy (non-hydrogen) atoms.